The number of anilines is 1. The number of phenolic OH excluding ortho intramolecular Hbond substituents is 1. The van der Waals surface area contributed by atoms with E-state index in [1.54, 1.807) is 42.5 Å². The number of hydrogen-bond donors (Lipinski definition) is 1. The van der Waals surface area contributed by atoms with Gasteiger partial charge >= 0.3 is 0 Å². The summed E-state index contributed by atoms with van der Waals surface area (Å²) in [6.07, 6.45) is 3.90. The lowest BCUT2D eigenvalue weighted by Crippen LogP contribution is -2.58. The van der Waals surface area contributed by atoms with Gasteiger partial charge in [-0.05, 0) is 84.8 Å². The molecule has 4 aliphatic rings. The number of ether oxygens (including phenoxy) is 1. The summed E-state index contributed by atoms with van der Waals surface area (Å²) in [5, 5.41) is 11.1. The van der Waals surface area contributed by atoms with Crippen LogP contribution in [0.3, 0.4) is 0 Å². The van der Waals surface area contributed by atoms with E-state index < -0.39 is 35.0 Å². The van der Waals surface area contributed by atoms with E-state index in [9.17, 15) is 19.5 Å². The summed E-state index contributed by atoms with van der Waals surface area (Å²) >= 11 is 0. The molecule has 2 fully saturated rings. The molecule has 8 rings (SSSR count). The van der Waals surface area contributed by atoms with Gasteiger partial charge in [0, 0.05) is 23.0 Å². The largest absolute Gasteiger partial charge is 0.504 e. The second-order valence-corrected chi connectivity index (χ2v) is 13.8. The van der Waals surface area contributed by atoms with Crippen LogP contribution in [0.25, 0.3) is 5.57 Å². The molecule has 51 heavy (non-hydrogen) atoms. The van der Waals surface area contributed by atoms with Crippen molar-refractivity contribution in [2.24, 2.45) is 23.7 Å². The number of carbonyl (C=O) groups is 5. The highest BCUT2D eigenvalue weighted by atomic mass is 16.5. The fourth-order valence-electron chi connectivity index (χ4n) is 9.24. The number of hydrogen-bond acceptors (Lipinski definition) is 7. The van der Waals surface area contributed by atoms with Gasteiger partial charge < -0.3 is 9.84 Å². The number of allylic oxidation sites excluding steroid dienone is 4. The number of phenols is 1. The predicted molar refractivity (Wildman–Crippen MR) is 190 cm³/mol. The molecule has 4 aromatic rings. The van der Waals surface area contributed by atoms with Crippen LogP contribution in [0.2, 0.25) is 0 Å². The summed E-state index contributed by atoms with van der Waals surface area (Å²) in [4.78, 5) is 71.9. The summed E-state index contributed by atoms with van der Waals surface area (Å²) in [6.45, 7) is 1.45. The van der Waals surface area contributed by atoms with Crippen LogP contribution in [0, 0.1) is 23.7 Å². The normalized spacial score (nSPS) is 26.9. The van der Waals surface area contributed by atoms with Crippen LogP contribution < -0.4 is 9.64 Å². The Balaban J connectivity index is 1.33. The Morgan fingerprint density at radius 2 is 1.53 bits per heavy atom. The van der Waals surface area contributed by atoms with Crippen molar-refractivity contribution in [1.82, 2.24) is 0 Å². The van der Waals surface area contributed by atoms with Gasteiger partial charge in [-0.1, -0.05) is 78.4 Å². The standard InChI is InChI=1S/C43H35NO7/c1-24(45)25-13-16-29(17-14-25)44-41(49)31-19-18-30-33(38(31)42(44)50)22-34-40(48)32(26-9-5-3-6-10-26)23-37(47)43(34,28-11-7-4-8-12-28)39(30)27-15-20-36(51-2)35(46)21-27/h3-18,20-21,23,31,33-34,38-39,46H,19,22H2,1-2H3/t31-,33+,34-,38-,39-,43-/m0/s1. The van der Waals surface area contributed by atoms with Crippen LogP contribution in [0.5, 0.6) is 11.5 Å². The first-order chi connectivity index (χ1) is 24.7. The molecule has 8 nitrogen and oxygen atoms in total. The molecule has 2 amide bonds. The number of aromatic hydroxyl groups is 1. The Labute approximate surface area is 295 Å². The molecule has 1 N–H and O–H groups in total. The van der Waals surface area contributed by atoms with Gasteiger partial charge in [-0.25, -0.2) is 0 Å². The molecule has 0 spiro atoms. The van der Waals surface area contributed by atoms with Crippen LogP contribution in [0.4, 0.5) is 5.69 Å². The van der Waals surface area contributed by atoms with E-state index in [4.69, 9.17) is 4.74 Å². The van der Waals surface area contributed by atoms with E-state index in [0.29, 0.717) is 33.5 Å². The number of Topliss-reactive ketones (excluding diaryl/α,β-unsaturated/α-hetero) is 2. The number of ketones is 3. The summed E-state index contributed by atoms with van der Waals surface area (Å²) in [7, 11) is 1.46. The van der Waals surface area contributed by atoms with Crippen LogP contribution in [0.15, 0.2) is 121 Å². The van der Waals surface area contributed by atoms with Crippen LogP contribution in [-0.4, -0.2) is 41.4 Å². The monoisotopic (exact) mass is 677 g/mol. The molecule has 8 heteroatoms. The molecule has 1 aliphatic heterocycles. The Morgan fingerprint density at radius 3 is 2.18 bits per heavy atom. The zero-order valence-corrected chi connectivity index (χ0v) is 28.1. The molecule has 3 aliphatic carbocycles. The first-order valence-electron chi connectivity index (χ1n) is 17.1. The number of fused-ring (bicyclic) bond motifs is 4. The maximum Gasteiger partial charge on any atom is 0.238 e. The lowest BCUT2D eigenvalue weighted by Gasteiger charge is -2.55. The van der Waals surface area contributed by atoms with Crippen molar-refractivity contribution >= 4 is 40.4 Å². The maximum absolute atomic E-state index is 15.1. The van der Waals surface area contributed by atoms with Crippen molar-refractivity contribution < 1.29 is 33.8 Å². The molecule has 254 valence electrons. The highest BCUT2D eigenvalue weighted by Crippen LogP contribution is 2.64. The highest BCUT2D eigenvalue weighted by molar-refractivity contribution is 6.32. The fraction of sp³-hybridized carbons (Fsp3) is 0.233. The average Bonchev–Trinajstić information content (AvgIpc) is 3.41. The van der Waals surface area contributed by atoms with Gasteiger partial charge in [0.2, 0.25) is 11.8 Å². The molecule has 0 bridgehead atoms. The molecule has 1 saturated heterocycles. The molecule has 6 atom stereocenters. The lowest BCUT2D eigenvalue weighted by molar-refractivity contribution is -0.135. The Morgan fingerprint density at radius 1 is 0.843 bits per heavy atom. The highest BCUT2D eigenvalue weighted by Gasteiger charge is 2.66. The molecular formula is C43H35NO7. The topological polar surface area (TPSA) is 118 Å². The van der Waals surface area contributed by atoms with Gasteiger partial charge in [-0.15, -0.1) is 0 Å². The third-order valence-electron chi connectivity index (χ3n) is 11.4. The van der Waals surface area contributed by atoms with Crippen LogP contribution >= 0.6 is 0 Å². The van der Waals surface area contributed by atoms with Gasteiger partial charge in [0.1, 0.15) is 0 Å². The van der Waals surface area contributed by atoms with Gasteiger partial charge in [0.15, 0.2) is 28.8 Å². The van der Waals surface area contributed by atoms with E-state index in [2.05, 4.69) is 0 Å². The second-order valence-electron chi connectivity index (χ2n) is 13.8. The third-order valence-corrected chi connectivity index (χ3v) is 11.4. The third kappa shape index (κ3) is 4.77. The quantitative estimate of drug-likeness (QED) is 0.138. The zero-order valence-electron chi connectivity index (χ0n) is 28.1. The number of rotatable bonds is 6. The van der Waals surface area contributed by atoms with E-state index in [1.807, 2.05) is 66.7 Å². The van der Waals surface area contributed by atoms with Crippen molar-refractivity contribution in [1.29, 1.82) is 0 Å². The minimum Gasteiger partial charge on any atom is -0.504 e. The molecular weight excluding hydrogens is 642 g/mol. The number of carbonyl (C=O) groups excluding carboxylic acids is 5. The molecule has 0 radical (unpaired) electrons. The average molecular weight is 678 g/mol. The van der Waals surface area contributed by atoms with Crippen molar-refractivity contribution in [2.45, 2.75) is 31.1 Å². The molecule has 0 aromatic heterocycles. The number of methoxy groups -OCH3 is 1. The molecule has 4 aromatic carbocycles. The first-order valence-corrected chi connectivity index (χ1v) is 17.1. The van der Waals surface area contributed by atoms with Crippen LogP contribution in [0.1, 0.15) is 52.7 Å². The maximum atomic E-state index is 15.1. The Hall–Kier alpha value is -5.89. The summed E-state index contributed by atoms with van der Waals surface area (Å²) in [5.41, 5.74) is 2.46. The van der Waals surface area contributed by atoms with E-state index in [-0.39, 0.29) is 53.5 Å². The Bertz CT molecular complexity index is 2190. The van der Waals surface area contributed by atoms with Crippen molar-refractivity contribution in [3.8, 4) is 11.5 Å². The molecule has 1 heterocycles. The van der Waals surface area contributed by atoms with Gasteiger partial charge in [0.05, 0.1) is 30.0 Å². The van der Waals surface area contributed by atoms with Crippen molar-refractivity contribution in [2.75, 3.05) is 12.0 Å². The number of nitrogens with zero attached hydrogens (tertiary/aromatic N) is 1. The van der Waals surface area contributed by atoms with E-state index in [1.165, 1.54) is 25.0 Å². The van der Waals surface area contributed by atoms with Crippen molar-refractivity contribution in [3.05, 3.63) is 143 Å². The molecule has 1 saturated carbocycles. The van der Waals surface area contributed by atoms with Crippen molar-refractivity contribution in [3.63, 3.8) is 0 Å². The van der Waals surface area contributed by atoms with Gasteiger partial charge in [-0.3, -0.25) is 28.9 Å². The number of amides is 2. The number of benzene rings is 4. The van der Waals surface area contributed by atoms with Gasteiger partial charge in [-0.2, -0.15) is 0 Å². The minimum atomic E-state index is -1.40. The summed E-state index contributed by atoms with van der Waals surface area (Å²) in [5.74, 6) is -4.76. The zero-order chi connectivity index (χ0) is 35.6. The second kappa shape index (κ2) is 12.2. The van der Waals surface area contributed by atoms with E-state index in [0.717, 1.165) is 5.57 Å². The number of imide groups is 1. The minimum absolute atomic E-state index is 0.117. The van der Waals surface area contributed by atoms with E-state index >= 15 is 9.59 Å². The Kier molecular flexibility index (Phi) is 7.71. The lowest BCUT2D eigenvalue weighted by atomic mass is 9.44. The summed E-state index contributed by atoms with van der Waals surface area (Å²) < 4.78 is 5.37. The SMILES string of the molecule is COc1ccc([C@H]2C3=CC[C@@H]4C(=O)N(c5ccc(C(C)=O)cc5)C(=O)[C@@H]4[C@@H]3C[C@H]3C(=O)C(c4ccccc4)=CC(=O)[C@@]23c2ccccc2)cc1O. The fourth-order valence-corrected chi connectivity index (χ4v) is 9.24. The van der Waals surface area contributed by atoms with Gasteiger partial charge in [0.25, 0.3) is 0 Å². The van der Waals surface area contributed by atoms with Crippen LogP contribution in [-0.2, 0) is 24.6 Å². The first kappa shape index (κ1) is 32.3. The summed E-state index contributed by atoms with van der Waals surface area (Å²) in [6, 6.07) is 29.9. The smallest absolute Gasteiger partial charge is 0.238 e. The molecule has 0 unspecified atom stereocenters. The predicted octanol–water partition coefficient (Wildman–Crippen LogP) is 6.63.